The van der Waals surface area contributed by atoms with Crippen molar-refractivity contribution in [1.29, 1.82) is 0 Å². The zero-order chi connectivity index (χ0) is 12.8. The quantitative estimate of drug-likeness (QED) is 0.612. The molecule has 0 amide bonds. The summed E-state index contributed by atoms with van der Waals surface area (Å²) in [6, 6.07) is 8.48. The number of ether oxygens (including phenoxy) is 1. The summed E-state index contributed by atoms with van der Waals surface area (Å²) >= 11 is 0. The van der Waals surface area contributed by atoms with Gasteiger partial charge in [-0.1, -0.05) is 30.3 Å². The van der Waals surface area contributed by atoms with Gasteiger partial charge in [-0.15, -0.1) is 0 Å². The third-order valence-electron chi connectivity index (χ3n) is 2.18. The van der Waals surface area contributed by atoms with Crippen LogP contribution in [0.3, 0.4) is 0 Å². The van der Waals surface area contributed by atoms with E-state index < -0.39 is 17.8 Å². The van der Waals surface area contributed by atoms with Gasteiger partial charge in [-0.05, 0) is 25.8 Å². The zero-order valence-corrected chi connectivity index (χ0v) is 10.1. The number of carbonyl (C=O) groups is 2. The maximum Gasteiger partial charge on any atom is 0.376 e. The van der Waals surface area contributed by atoms with Crippen molar-refractivity contribution < 1.29 is 14.3 Å². The van der Waals surface area contributed by atoms with Crippen molar-refractivity contribution in [2.24, 2.45) is 5.73 Å². The lowest BCUT2D eigenvalue weighted by molar-refractivity contribution is -0.157. The SMILES string of the molecule is CC(C)OC(=O)C(=O)C(N)Cc1ccccc1. The van der Waals surface area contributed by atoms with Gasteiger partial charge in [0.15, 0.2) is 0 Å². The molecule has 1 aromatic rings. The van der Waals surface area contributed by atoms with E-state index in [-0.39, 0.29) is 6.10 Å². The molecule has 1 aromatic carbocycles. The Morgan fingerprint density at radius 3 is 2.35 bits per heavy atom. The van der Waals surface area contributed by atoms with E-state index in [1.54, 1.807) is 13.8 Å². The van der Waals surface area contributed by atoms with Crippen LogP contribution in [0.5, 0.6) is 0 Å². The Balaban J connectivity index is 2.56. The van der Waals surface area contributed by atoms with E-state index in [2.05, 4.69) is 0 Å². The van der Waals surface area contributed by atoms with Crippen molar-refractivity contribution in [1.82, 2.24) is 0 Å². The van der Waals surface area contributed by atoms with Crippen molar-refractivity contribution in [3.05, 3.63) is 35.9 Å². The van der Waals surface area contributed by atoms with Crippen LogP contribution in [0.2, 0.25) is 0 Å². The number of ketones is 1. The molecule has 0 aliphatic rings. The van der Waals surface area contributed by atoms with E-state index in [0.717, 1.165) is 5.56 Å². The molecule has 92 valence electrons. The molecule has 0 bridgehead atoms. The number of esters is 1. The number of hydrogen-bond acceptors (Lipinski definition) is 4. The summed E-state index contributed by atoms with van der Waals surface area (Å²) in [6.07, 6.45) is 0.0303. The Morgan fingerprint density at radius 2 is 1.82 bits per heavy atom. The standard InChI is InChI=1S/C13H17NO3/c1-9(2)17-13(16)12(15)11(14)8-10-6-4-3-5-7-10/h3-7,9,11H,8,14H2,1-2H3. The van der Waals surface area contributed by atoms with Gasteiger partial charge in [0.1, 0.15) is 0 Å². The lowest BCUT2D eigenvalue weighted by Gasteiger charge is -2.11. The molecule has 1 atom stereocenters. The van der Waals surface area contributed by atoms with E-state index in [0.29, 0.717) is 6.42 Å². The molecular weight excluding hydrogens is 218 g/mol. The second-order valence-corrected chi connectivity index (χ2v) is 4.11. The first-order chi connectivity index (χ1) is 8.00. The Hall–Kier alpha value is -1.68. The first-order valence-corrected chi connectivity index (χ1v) is 5.55. The highest BCUT2D eigenvalue weighted by Gasteiger charge is 2.24. The fraction of sp³-hybridized carbons (Fsp3) is 0.385. The van der Waals surface area contributed by atoms with Crippen molar-refractivity contribution >= 4 is 11.8 Å². The molecule has 4 nitrogen and oxygen atoms in total. The minimum Gasteiger partial charge on any atom is -0.457 e. The van der Waals surface area contributed by atoms with Gasteiger partial charge in [0.2, 0.25) is 0 Å². The van der Waals surface area contributed by atoms with E-state index in [1.165, 1.54) is 0 Å². The fourth-order valence-corrected chi connectivity index (χ4v) is 1.38. The molecule has 0 aliphatic heterocycles. The predicted molar refractivity (Wildman–Crippen MR) is 64.4 cm³/mol. The molecular formula is C13H17NO3. The molecule has 0 fully saturated rings. The molecule has 1 unspecified atom stereocenters. The predicted octanol–water partition coefficient (Wildman–Crippen LogP) is 1.08. The number of nitrogens with two attached hydrogens (primary N) is 1. The van der Waals surface area contributed by atoms with Gasteiger partial charge in [-0.2, -0.15) is 0 Å². The van der Waals surface area contributed by atoms with Crippen molar-refractivity contribution in [2.75, 3.05) is 0 Å². The summed E-state index contributed by atoms with van der Waals surface area (Å²) in [6.45, 7) is 3.38. The monoisotopic (exact) mass is 235 g/mol. The van der Waals surface area contributed by atoms with Crippen molar-refractivity contribution in [3.63, 3.8) is 0 Å². The molecule has 0 radical (unpaired) electrons. The molecule has 1 rings (SSSR count). The second-order valence-electron chi connectivity index (χ2n) is 4.11. The van der Waals surface area contributed by atoms with Crippen LogP contribution < -0.4 is 5.73 Å². The van der Waals surface area contributed by atoms with E-state index in [1.807, 2.05) is 30.3 Å². The van der Waals surface area contributed by atoms with E-state index >= 15 is 0 Å². The Kier molecular flexibility index (Phi) is 4.84. The smallest absolute Gasteiger partial charge is 0.376 e. The minimum atomic E-state index is -0.858. The van der Waals surface area contributed by atoms with Crippen LogP contribution in [-0.4, -0.2) is 23.9 Å². The van der Waals surface area contributed by atoms with Crippen LogP contribution in [0.1, 0.15) is 19.4 Å². The lowest BCUT2D eigenvalue weighted by Crippen LogP contribution is -2.39. The maximum absolute atomic E-state index is 11.6. The number of rotatable bonds is 5. The van der Waals surface area contributed by atoms with Gasteiger partial charge in [0.25, 0.3) is 5.78 Å². The summed E-state index contributed by atoms with van der Waals surface area (Å²) < 4.78 is 4.80. The van der Waals surface area contributed by atoms with Crippen LogP contribution in [0, 0.1) is 0 Å². The second kappa shape index (κ2) is 6.15. The molecule has 0 saturated carbocycles. The first-order valence-electron chi connectivity index (χ1n) is 5.55. The van der Waals surface area contributed by atoms with Crippen LogP contribution in [0.15, 0.2) is 30.3 Å². The Labute approximate surface area is 101 Å². The van der Waals surface area contributed by atoms with Crippen LogP contribution in [0.25, 0.3) is 0 Å². The third kappa shape index (κ3) is 4.36. The molecule has 0 saturated heterocycles. The topological polar surface area (TPSA) is 69.4 Å². The highest BCUT2D eigenvalue weighted by Crippen LogP contribution is 2.03. The van der Waals surface area contributed by atoms with E-state index in [9.17, 15) is 9.59 Å². The molecule has 0 aliphatic carbocycles. The normalized spacial score (nSPS) is 12.2. The molecule has 2 N–H and O–H groups in total. The largest absolute Gasteiger partial charge is 0.457 e. The van der Waals surface area contributed by atoms with Crippen LogP contribution >= 0.6 is 0 Å². The van der Waals surface area contributed by atoms with E-state index in [4.69, 9.17) is 10.5 Å². The van der Waals surface area contributed by atoms with Gasteiger partial charge < -0.3 is 10.5 Å². The summed E-state index contributed by atoms with van der Waals surface area (Å²) in [5, 5.41) is 0. The Morgan fingerprint density at radius 1 is 1.24 bits per heavy atom. The maximum atomic E-state index is 11.6. The van der Waals surface area contributed by atoms with Gasteiger partial charge in [0, 0.05) is 0 Å². The molecule has 0 spiro atoms. The average molecular weight is 235 g/mol. The lowest BCUT2D eigenvalue weighted by atomic mass is 10.0. The molecule has 4 heteroatoms. The highest BCUT2D eigenvalue weighted by atomic mass is 16.5. The number of benzene rings is 1. The number of carbonyl (C=O) groups excluding carboxylic acids is 2. The summed E-state index contributed by atoms with van der Waals surface area (Å²) in [4.78, 5) is 22.9. The average Bonchev–Trinajstić information content (AvgIpc) is 2.28. The van der Waals surface area contributed by atoms with Crippen molar-refractivity contribution in [2.45, 2.75) is 32.4 Å². The molecule has 0 heterocycles. The summed E-state index contributed by atoms with van der Waals surface area (Å²) in [5.41, 5.74) is 6.60. The van der Waals surface area contributed by atoms with Gasteiger partial charge >= 0.3 is 5.97 Å². The molecule has 0 aromatic heterocycles. The number of hydrogen-bond donors (Lipinski definition) is 1. The first kappa shape index (κ1) is 13.4. The summed E-state index contributed by atoms with van der Waals surface area (Å²) in [5.74, 6) is -1.54. The minimum absolute atomic E-state index is 0.310. The van der Waals surface area contributed by atoms with Crippen molar-refractivity contribution in [3.8, 4) is 0 Å². The van der Waals surface area contributed by atoms with Gasteiger partial charge in [-0.25, -0.2) is 4.79 Å². The molecule has 17 heavy (non-hydrogen) atoms. The Bertz CT molecular complexity index is 387. The van der Waals surface area contributed by atoms with Crippen LogP contribution in [0.4, 0.5) is 0 Å². The van der Waals surface area contributed by atoms with Gasteiger partial charge in [-0.3, -0.25) is 4.79 Å². The summed E-state index contributed by atoms with van der Waals surface area (Å²) in [7, 11) is 0. The zero-order valence-electron chi connectivity index (χ0n) is 10.1. The number of Topliss-reactive ketones (excluding diaryl/α,β-unsaturated/α-hetero) is 1. The highest BCUT2D eigenvalue weighted by molar-refractivity contribution is 6.35. The van der Waals surface area contributed by atoms with Gasteiger partial charge in [0.05, 0.1) is 12.1 Å². The van der Waals surface area contributed by atoms with Crippen LogP contribution in [-0.2, 0) is 20.7 Å². The third-order valence-corrected chi connectivity index (χ3v) is 2.18. The fourth-order valence-electron chi connectivity index (χ4n) is 1.38.